The maximum atomic E-state index is 12.2. The molecule has 1 aliphatic heterocycles. The Morgan fingerprint density at radius 1 is 1.32 bits per heavy atom. The van der Waals surface area contributed by atoms with Crippen LogP contribution in [0.4, 0.5) is 5.82 Å². The van der Waals surface area contributed by atoms with Crippen molar-refractivity contribution in [1.29, 1.82) is 0 Å². The minimum atomic E-state index is -0.270. The van der Waals surface area contributed by atoms with E-state index in [4.69, 9.17) is 4.74 Å². The molecule has 4 heteroatoms. The third-order valence-electron chi connectivity index (χ3n) is 4.25. The van der Waals surface area contributed by atoms with E-state index in [1.165, 1.54) is 5.56 Å². The van der Waals surface area contributed by atoms with Gasteiger partial charge >= 0.3 is 5.97 Å². The number of aromatic nitrogens is 1. The van der Waals surface area contributed by atoms with Crippen LogP contribution >= 0.6 is 0 Å². The Balaban J connectivity index is 1.99. The van der Waals surface area contributed by atoms with E-state index in [2.05, 4.69) is 35.9 Å². The fourth-order valence-corrected chi connectivity index (χ4v) is 3.16. The van der Waals surface area contributed by atoms with Gasteiger partial charge in [-0.15, -0.1) is 0 Å². The highest BCUT2D eigenvalue weighted by atomic mass is 16.5. The van der Waals surface area contributed by atoms with Gasteiger partial charge in [0.1, 0.15) is 11.4 Å². The van der Waals surface area contributed by atoms with E-state index in [1.54, 1.807) is 0 Å². The third-order valence-corrected chi connectivity index (χ3v) is 4.25. The van der Waals surface area contributed by atoms with Crippen molar-refractivity contribution in [3.63, 3.8) is 0 Å². The van der Waals surface area contributed by atoms with Gasteiger partial charge in [-0.3, -0.25) is 0 Å². The highest BCUT2D eigenvalue weighted by Gasteiger charge is 2.35. The number of anilines is 1. The van der Waals surface area contributed by atoms with E-state index >= 15 is 0 Å². The standard InChI is InChI=1S/C18H22N2O2/c1-4-22-17(21)14-10-11-20-16(14)19-15(12-18(20,2)3)13-8-6-5-7-9-13/h5-11,15,19H,4,12H2,1-3H3. The Morgan fingerprint density at radius 3 is 2.73 bits per heavy atom. The number of carbonyl (C=O) groups is 1. The molecule has 2 aromatic rings. The first-order valence-corrected chi connectivity index (χ1v) is 7.73. The van der Waals surface area contributed by atoms with Gasteiger partial charge in [0.25, 0.3) is 0 Å². The largest absolute Gasteiger partial charge is 0.462 e. The molecule has 1 aliphatic rings. The molecule has 1 aromatic heterocycles. The Bertz CT molecular complexity index is 674. The zero-order valence-corrected chi connectivity index (χ0v) is 13.3. The molecular formula is C18H22N2O2. The molecule has 1 N–H and O–H groups in total. The number of hydrogen-bond acceptors (Lipinski definition) is 3. The van der Waals surface area contributed by atoms with E-state index in [9.17, 15) is 4.79 Å². The molecule has 1 atom stereocenters. The van der Waals surface area contributed by atoms with Crippen molar-refractivity contribution < 1.29 is 9.53 Å². The number of carbonyl (C=O) groups excluding carboxylic acids is 1. The van der Waals surface area contributed by atoms with Crippen LogP contribution in [0.2, 0.25) is 0 Å². The SMILES string of the molecule is CCOC(=O)c1ccn2c1NC(c1ccccc1)CC2(C)C. The second kappa shape index (κ2) is 5.52. The van der Waals surface area contributed by atoms with Gasteiger partial charge in [0.2, 0.25) is 0 Å². The highest BCUT2D eigenvalue weighted by Crippen LogP contribution is 2.40. The molecule has 2 heterocycles. The van der Waals surface area contributed by atoms with Crippen molar-refractivity contribution in [2.45, 2.75) is 38.8 Å². The first-order chi connectivity index (χ1) is 10.5. The lowest BCUT2D eigenvalue weighted by Crippen LogP contribution is -2.37. The summed E-state index contributed by atoms with van der Waals surface area (Å²) in [6, 6.07) is 12.4. The van der Waals surface area contributed by atoms with Crippen LogP contribution in [0.25, 0.3) is 0 Å². The average molecular weight is 298 g/mol. The smallest absolute Gasteiger partial charge is 0.341 e. The van der Waals surface area contributed by atoms with E-state index in [-0.39, 0.29) is 17.6 Å². The Hall–Kier alpha value is -2.23. The van der Waals surface area contributed by atoms with Crippen LogP contribution < -0.4 is 5.32 Å². The van der Waals surface area contributed by atoms with Crippen LogP contribution in [0.1, 0.15) is 49.2 Å². The van der Waals surface area contributed by atoms with Gasteiger partial charge < -0.3 is 14.6 Å². The maximum absolute atomic E-state index is 12.2. The maximum Gasteiger partial charge on any atom is 0.341 e. The fraction of sp³-hybridized carbons (Fsp3) is 0.389. The summed E-state index contributed by atoms with van der Waals surface area (Å²) in [6.07, 6.45) is 2.93. The van der Waals surface area contributed by atoms with Crippen LogP contribution in [0, 0.1) is 0 Å². The van der Waals surface area contributed by atoms with Crippen LogP contribution in [0.3, 0.4) is 0 Å². The number of ether oxygens (including phenoxy) is 1. The van der Waals surface area contributed by atoms with Gasteiger partial charge in [-0.2, -0.15) is 0 Å². The Morgan fingerprint density at radius 2 is 2.05 bits per heavy atom. The number of nitrogens with zero attached hydrogens (tertiary/aromatic N) is 1. The van der Waals surface area contributed by atoms with Crippen molar-refractivity contribution in [1.82, 2.24) is 4.57 Å². The molecule has 4 nitrogen and oxygen atoms in total. The van der Waals surface area contributed by atoms with Crippen LogP contribution in [0.5, 0.6) is 0 Å². The van der Waals surface area contributed by atoms with Crippen molar-refractivity contribution >= 4 is 11.8 Å². The van der Waals surface area contributed by atoms with Crippen LogP contribution in [-0.4, -0.2) is 17.1 Å². The molecule has 0 spiro atoms. The normalized spacial score (nSPS) is 19.1. The Labute approximate surface area is 131 Å². The van der Waals surface area contributed by atoms with Crippen LogP contribution in [0.15, 0.2) is 42.6 Å². The molecule has 1 unspecified atom stereocenters. The quantitative estimate of drug-likeness (QED) is 0.872. The first-order valence-electron chi connectivity index (χ1n) is 7.73. The molecular weight excluding hydrogens is 276 g/mol. The predicted octanol–water partition coefficient (Wildman–Crippen LogP) is 3.96. The fourth-order valence-electron chi connectivity index (χ4n) is 3.16. The molecule has 1 aromatic carbocycles. The summed E-state index contributed by atoms with van der Waals surface area (Å²) in [4.78, 5) is 12.2. The molecule has 0 saturated heterocycles. The Kier molecular flexibility index (Phi) is 3.69. The second-order valence-electron chi connectivity index (χ2n) is 6.29. The lowest BCUT2D eigenvalue weighted by Gasteiger charge is -2.39. The molecule has 22 heavy (non-hydrogen) atoms. The van der Waals surface area contributed by atoms with Crippen LogP contribution in [-0.2, 0) is 10.3 Å². The lowest BCUT2D eigenvalue weighted by atomic mass is 9.88. The van der Waals surface area contributed by atoms with Gasteiger partial charge in [-0.1, -0.05) is 30.3 Å². The van der Waals surface area contributed by atoms with Gasteiger partial charge in [-0.25, -0.2) is 4.79 Å². The van der Waals surface area contributed by atoms with Gasteiger partial charge in [0.15, 0.2) is 0 Å². The van der Waals surface area contributed by atoms with Gasteiger partial charge in [0, 0.05) is 11.7 Å². The molecule has 0 bridgehead atoms. The number of fused-ring (bicyclic) bond motifs is 1. The zero-order valence-electron chi connectivity index (χ0n) is 13.3. The number of benzene rings is 1. The molecule has 0 radical (unpaired) electrons. The number of rotatable bonds is 3. The number of nitrogens with one attached hydrogen (secondary N) is 1. The summed E-state index contributed by atoms with van der Waals surface area (Å²) in [5.74, 6) is 0.580. The topological polar surface area (TPSA) is 43.3 Å². The number of esters is 1. The summed E-state index contributed by atoms with van der Waals surface area (Å²) in [5.41, 5.74) is 1.78. The summed E-state index contributed by atoms with van der Waals surface area (Å²) in [5, 5.41) is 3.52. The van der Waals surface area contributed by atoms with Crippen molar-refractivity contribution in [3.05, 3.63) is 53.7 Å². The lowest BCUT2D eigenvalue weighted by molar-refractivity contribution is 0.0527. The molecule has 0 aliphatic carbocycles. The summed E-state index contributed by atoms with van der Waals surface area (Å²) < 4.78 is 7.31. The highest BCUT2D eigenvalue weighted by molar-refractivity contribution is 5.95. The molecule has 0 amide bonds. The van der Waals surface area contributed by atoms with E-state index in [0.29, 0.717) is 12.2 Å². The summed E-state index contributed by atoms with van der Waals surface area (Å²) in [6.45, 7) is 6.60. The number of hydrogen-bond donors (Lipinski definition) is 1. The molecule has 0 saturated carbocycles. The monoisotopic (exact) mass is 298 g/mol. The van der Waals surface area contributed by atoms with E-state index in [0.717, 1.165) is 12.2 Å². The van der Waals surface area contributed by atoms with Crippen molar-refractivity contribution in [2.24, 2.45) is 0 Å². The first kappa shape index (κ1) is 14.7. The second-order valence-corrected chi connectivity index (χ2v) is 6.29. The minimum Gasteiger partial charge on any atom is -0.462 e. The van der Waals surface area contributed by atoms with Crippen molar-refractivity contribution in [3.8, 4) is 0 Å². The van der Waals surface area contributed by atoms with Crippen molar-refractivity contribution in [2.75, 3.05) is 11.9 Å². The summed E-state index contributed by atoms with van der Waals surface area (Å²) >= 11 is 0. The van der Waals surface area contributed by atoms with E-state index in [1.807, 2.05) is 37.4 Å². The molecule has 116 valence electrons. The predicted molar refractivity (Wildman–Crippen MR) is 87.1 cm³/mol. The minimum absolute atomic E-state index is 0.0637. The van der Waals surface area contributed by atoms with E-state index < -0.39 is 0 Å². The van der Waals surface area contributed by atoms with Gasteiger partial charge in [0.05, 0.1) is 12.6 Å². The zero-order chi connectivity index (χ0) is 15.7. The molecule has 0 fully saturated rings. The summed E-state index contributed by atoms with van der Waals surface area (Å²) in [7, 11) is 0. The van der Waals surface area contributed by atoms with Gasteiger partial charge in [-0.05, 0) is 38.8 Å². The molecule has 3 rings (SSSR count). The average Bonchev–Trinajstić information content (AvgIpc) is 2.93. The third kappa shape index (κ3) is 2.49.